The summed E-state index contributed by atoms with van der Waals surface area (Å²) < 4.78 is 5.29. The number of aliphatic hydroxyl groups is 1. The van der Waals surface area contributed by atoms with Crippen molar-refractivity contribution < 1.29 is 24.5 Å². The summed E-state index contributed by atoms with van der Waals surface area (Å²) in [6.07, 6.45) is 0.813. The number of carbonyl (C=O) groups is 2. The monoisotopic (exact) mass is 557 g/mol. The number of carboxylic acid groups (broad SMARTS) is 1. The standard InChI is InChI=1S/C31H35N5O5/c1-41-24-5-6-25(27(18-24)31(39)40)26-17-22(30(38)35-12-10-34(11-13-35)14-15-37)2-3-23(26)19-36-9-8-20-16-21(29(32)33)4-7-28(20)36/h2-7,16-18,37H,8-15,19H2,1H3,(H3,32,33)(H,39,40). The van der Waals surface area contributed by atoms with E-state index in [0.717, 1.165) is 29.8 Å². The number of aromatic carboxylic acids is 1. The molecule has 1 amide bonds. The summed E-state index contributed by atoms with van der Waals surface area (Å²) >= 11 is 0. The molecular formula is C31H35N5O5. The fourth-order valence-electron chi connectivity index (χ4n) is 5.67. The van der Waals surface area contributed by atoms with E-state index in [1.54, 1.807) is 12.1 Å². The maximum absolute atomic E-state index is 13.6. The minimum Gasteiger partial charge on any atom is -0.497 e. The van der Waals surface area contributed by atoms with Gasteiger partial charge in [-0.15, -0.1) is 0 Å². The van der Waals surface area contributed by atoms with Gasteiger partial charge >= 0.3 is 5.97 Å². The van der Waals surface area contributed by atoms with E-state index in [2.05, 4.69) is 9.80 Å². The highest BCUT2D eigenvalue weighted by Crippen LogP contribution is 2.35. The van der Waals surface area contributed by atoms with E-state index < -0.39 is 5.97 Å². The Balaban J connectivity index is 1.51. The first-order valence-electron chi connectivity index (χ1n) is 13.7. The maximum Gasteiger partial charge on any atom is 0.336 e. The third kappa shape index (κ3) is 5.89. The molecule has 10 nitrogen and oxygen atoms in total. The van der Waals surface area contributed by atoms with E-state index in [9.17, 15) is 19.8 Å². The molecule has 5 N–H and O–H groups in total. The first-order chi connectivity index (χ1) is 19.8. The number of rotatable bonds is 9. The lowest BCUT2D eigenvalue weighted by Crippen LogP contribution is -2.49. The summed E-state index contributed by atoms with van der Waals surface area (Å²) in [4.78, 5) is 32.0. The highest BCUT2D eigenvalue weighted by Gasteiger charge is 2.26. The number of carbonyl (C=O) groups excluding carboxylic acids is 1. The quantitative estimate of drug-likeness (QED) is 0.232. The van der Waals surface area contributed by atoms with Gasteiger partial charge in [-0.3, -0.25) is 15.1 Å². The summed E-state index contributed by atoms with van der Waals surface area (Å²) in [6, 6.07) is 16.3. The first kappa shape index (κ1) is 28.1. The molecule has 0 saturated carbocycles. The zero-order chi connectivity index (χ0) is 29.1. The molecule has 10 heteroatoms. The topological polar surface area (TPSA) is 143 Å². The molecule has 3 aromatic rings. The van der Waals surface area contributed by atoms with Crippen LogP contribution in [-0.2, 0) is 13.0 Å². The number of aliphatic hydroxyl groups excluding tert-OH is 1. The van der Waals surface area contributed by atoms with E-state index in [4.69, 9.17) is 15.9 Å². The smallest absolute Gasteiger partial charge is 0.336 e. The minimum atomic E-state index is -1.08. The number of nitrogens with one attached hydrogen (secondary N) is 1. The average molecular weight is 558 g/mol. The van der Waals surface area contributed by atoms with E-state index in [1.807, 2.05) is 41.3 Å². The normalized spacial score (nSPS) is 15.1. The zero-order valence-electron chi connectivity index (χ0n) is 23.1. The van der Waals surface area contributed by atoms with E-state index in [0.29, 0.717) is 67.3 Å². The minimum absolute atomic E-state index is 0.0318. The van der Waals surface area contributed by atoms with E-state index in [-0.39, 0.29) is 23.9 Å². The third-order valence-electron chi connectivity index (χ3n) is 7.92. The Labute approximate surface area is 239 Å². The largest absolute Gasteiger partial charge is 0.497 e. The van der Waals surface area contributed by atoms with Gasteiger partial charge in [-0.2, -0.15) is 0 Å². The number of carboxylic acids is 1. The van der Waals surface area contributed by atoms with Crippen LogP contribution in [0.3, 0.4) is 0 Å². The number of β-amino-alcohol motifs (C(OH)–C–C–N with tert-alkyl or cyclic N) is 1. The SMILES string of the molecule is COc1ccc(-c2cc(C(=O)N3CCN(CCO)CC3)ccc2CN2CCc3cc(C(=N)N)ccc32)c(C(=O)O)c1. The van der Waals surface area contributed by atoms with Crippen molar-refractivity contribution >= 4 is 23.4 Å². The molecule has 2 heterocycles. The summed E-state index contributed by atoms with van der Waals surface area (Å²) in [6.45, 7) is 4.47. The van der Waals surface area contributed by atoms with Crippen LogP contribution in [0.15, 0.2) is 54.6 Å². The first-order valence-corrected chi connectivity index (χ1v) is 13.7. The van der Waals surface area contributed by atoms with Crippen LogP contribution in [0, 0.1) is 5.41 Å². The van der Waals surface area contributed by atoms with Crippen molar-refractivity contribution in [2.45, 2.75) is 13.0 Å². The number of piperazine rings is 1. The Morgan fingerprint density at radius 1 is 0.951 bits per heavy atom. The summed E-state index contributed by atoms with van der Waals surface area (Å²) in [5.41, 5.74) is 11.2. The Bertz CT molecular complexity index is 1480. The maximum atomic E-state index is 13.6. The lowest BCUT2D eigenvalue weighted by atomic mass is 9.92. The molecular weight excluding hydrogens is 522 g/mol. The molecule has 1 fully saturated rings. The van der Waals surface area contributed by atoms with Gasteiger partial charge in [0, 0.05) is 62.6 Å². The number of amidine groups is 1. The lowest BCUT2D eigenvalue weighted by Gasteiger charge is -2.34. The Kier molecular flexibility index (Phi) is 8.23. The summed E-state index contributed by atoms with van der Waals surface area (Å²) in [5.74, 6) is -0.709. The van der Waals surface area contributed by atoms with Crippen molar-refractivity contribution in [3.8, 4) is 16.9 Å². The van der Waals surface area contributed by atoms with E-state index in [1.165, 1.54) is 13.2 Å². The van der Waals surface area contributed by atoms with Crippen LogP contribution >= 0.6 is 0 Å². The van der Waals surface area contributed by atoms with Crippen LogP contribution < -0.4 is 15.4 Å². The molecule has 2 aliphatic heterocycles. The number of anilines is 1. The van der Waals surface area contributed by atoms with Crippen molar-refractivity contribution in [2.75, 3.05) is 57.9 Å². The second-order valence-electron chi connectivity index (χ2n) is 10.4. The predicted molar refractivity (Wildman–Crippen MR) is 157 cm³/mol. The van der Waals surface area contributed by atoms with Crippen LogP contribution in [0.25, 0.3) is 11.1 Å². The second kappa shape index (κ2) is 12.0. The summed E-state index contributed by atoms with van der Waals surface area (Å²) in [7, 11) is 1.49. The second-order valence-corrected chi connectivity index (χ2v) is 10.4. The number of hydrogen-bond donors (Lipinski definition) is 4. The molecule has 3 aromatic carbocycles. The highest BCUT2D eigenvalue weighted by molar-refractivity contribution is 6.00. The van der Waals surface area contributed by atoms with Gasteiger partial charge in [-0.25, -0.2) is 4.79 Å². The van der Waals surface area contributed by atoms with Crippen molar-refractivity contribution in [1.82, 2.24) is 9.80 Å². The van der Waals surface area contributed by atoms with Gasteiger partial charge in [-0.05, 0) is 77.2 Å². The Morgan fingerprint density at radius 2 is 1.71 bits per heavy atom. The van der Waals surface area contributed by atoms with Gasteiger partial charge in [0.05, 0.1) is 19.3 Å². The average Bonchev–Trinajstić information content (AvgIpc) is 3.39. The highest BCUT2D eigenvalue weighted by atomic mass is 16.5. The molecule has 41 heavy (non-hydrogen) atoms. The Hall–Kier alpha value is -4.41. The lowest BCUT2D eigenvalue weighted by molar-refractivity contribution is 0.0614. The number of benzene rings is 3. The van der Waals surface area contributed by atoms with Crippen LogP contribution in [0.1, 0.15) is 37.4 Å². The van der Waals surface area contributed by atoms with Gasteiger partial charge in [0.15, 0.2) is 0 Å². The number of nitrogens with two attached hydrogens (primary N) is 1. The number of nitrogen functional groups attached to an aromatic ring is 1. The molecule has 2 aliphatic rings. The van der Waals surface area contributed by atoms with Gasteiger partial charge < -0.3 is 30.5 Å². The number of ether oxygens (including phenoxy) is 1. The molecule has 0 atom stereocenters. The Morgan fingerprint density at radius 3 is 2.39 bits per heavy atom. The number of hydrogen-bond acceptors (Lipinski definition) is 7. The molecule has 5 rings (SSSR count). The van der Waals surface area contributed by atoms with Crippen LogP contribution in [0.5, 0.6) is 5.75 Å². The van der Waals surface area contributed by atoms with Gasteiger partial charge in [0.1, 0.15) is 11.6 Å². The summed E-state index contributed by atoms with van der Waals surface area (Å²) in [5, 5.41) is 27.1. The van der Waals surface area contributed by atoms with Crippen molar-refractivity contribution in [2.24, 2.45) is 5.73 Å². The fraction of sp³-hybridized carbons (Fsp3) is 0.323. The zero-order valence-corrected chi connectivity index (χ0v) is 23.1. The molecule has 0 unspecified atom stereocenters. The molecule has 0 spiro atoms. The number of methoxy groups -OCH3 is 1. The number of amides is 1. The third-order valence-corrected chi connectivity index (χ3v) is 7.92. The molecule has 0 bridgehead atoms. The number of fused-ring (bicyclic) bond motifs is 1. The fourth-order valence-corrected chi connectivity index (χ4v) is 5.67. The molecule has 0 radical (unpaired) electrons. The predicted octanol–water partition coefficient (Wildman–Crippen LogP) is 2.66. The van der Waals surface area contributed by atoms with Crippen LogP contribution in [0.2, 0.25) is 0 Å². The molecule has 1 saturated heterocycles. The van der Waals surface area contributed by atoms with Gasteiger partial charge in [0.2, 0.25) is 0 Å². The number of nitrogens with zero attached hydrogens (tertiary/aromatic N) is 3. The van der Waals surface area contributed by atoms with Gasteiger partial charge in [-0.1, -0.05) is 6.07 Å². The molecule has 214 valence electrons. The van der Waals surface area contributed by atoms with Crippen LogP contribution in [0.4, 0.5) is 5.69 Å². The van der Waals surface area contributed by atoms with Crippen LogP contribution in [-0.4, -0.2) is 90.7 Å². The molecule has 0 aromatic heterocycles. The van der Waals surface area contributed by atoms with Crippen molar-refractivity contribution in [1.29, 1.82) is 5.41 Å². The van der Waals surface area contributed by atoms with E-state index >= 15 is 0 Å². The van der Waals surface area contributed by atoms with Crippen molar-refractivity contribution in [3.63, 3.8) is 0 Å². The molecule has 0 aliphatic carbocycles. The van der Waals surface area contributed by atoms with Crippen molar-refractivity contribution in [3.05, 3.63) is 82.4 Å². The van der Waals surface area contributed by atoms with Gasteiger partial charge in [0.25, 0.3) is 5.91 Å².